The second kappa shape index (κ2) is 4.80. The van der Waals surface area contributed by atoms with Gasteiger partial charge in [-0.1, -0.05) is 15.9 Å². The summed E-state index contributed by atoms with van der Waals surface area (Å²) in [5.41, 5.74) is 0.636. The third-order valence-corrected chi connectivity index (χ3v) is 2.98. The van der Waals surface area contributed by atoms with E-state index in [1.807, 2.05) is 0 Å². The lowest BCUT2D eigenvalue weighted by Crippen LogP contribution is -2.05. The van der Waals surface area contributed by atoms with Gasteiger partial charge in [0, 0.05) is 10.9 Å². The zero-order valence-corrected chi connectivity index (χ0v) is 10.4. The molecule has 1 aromatic heterocycles. The van der Waals surface area contributed by atoms with Crippen LogP contribution in [0.25, 0.3) is 0 Å². The number of carbonyl (C=O) groups is 1. The smallest absolute Gasteiger partial charge is 0.188 e. The van der Waals surface area contributed by atoms with E-state index >= 15 is 0 Å². The van der Waals surface area contributed by atoms with Crippen LogP contribution in [-0.2, 0) is 6.42 Å². The van der Waals surface area contributed by atoms with E-state index in [2.05, 4.69) is 24.7 Å². The highest BCUT2D eigenvalue weighted by Crippen LogP contribution is 2.17. The van der Waals surface area contributed by atoms with Crippen LogP contribution in [-0.4, -0.2) is 14.5 Å². The molecule has 0 aliphatic rings. The average Bonchev–Trinajstić information content (AvgIpc) is 2.76. The molecule has 3 nitrogen and oxygen atoms in total. The van der Waals surface area contributed by atoms with E-state index < -0.39 is 0 Å². The molecule has 0 amide bonds. The zero-order valence-electron chi connectivity index (χ0n) is 7.98. The Labute approximate surface area is 104 Å². The molecule has 0 aliphatic carbocycles. The Morgan fingerprint density at radius 1 is 1.50 bits per heavy atom. The lowest BCUT2D eigenvalue weighted by Gasteiger charge is -2.01. The molecule has 0 fully saturated rings. The molecule has 0 bridgehead atoms. The number of aromatic nitrogens is 2. The SMILES string of the molecule is O=C(Cc1cc(Br)ccc1F)c1cnsn1. The van der Waals surface area contributed by atoms with E-state index in [9.17, 15) is 9.18 Å². The molecule has 0 unspecified atom stereocenters. The van der Waals surface area contributed by atoms with E-state index in [0.717, 1.165) is 16.2 Å². The lowest BCUT2D eigenvalue weighted by atomic mass is 10.1. The van der Waals surface area contributed by atoms with Gasteiger partial charge in [-0.15, -0.1) is 0 Å². The number of rotatable bonds is 3. The average molecular weight is 301 g/mol. The maximum Gasteiger partial charge on any atom is 0.188 e. The molecule has 0 saturated heterocycles. The Hall–Kier alpha value is -1.14. The van der Waals surface area contributed by atoms with E-state index in [-0.39, 0.29) is 23.7 Å². The normalized spacial score (nSPS) is 10.4. The van der Waals surface area contributed by atoms with Gasteiger partial charge in [-0.3, -0.25) is 4.79 Å². The zero-order chi connectivity index (χ0) is 11.5. The molecule has 0 radical (unpaired) electrons. The maximum atomic E-state index is 13.4. The summed E-state index contributed by atoms with van der Waals surface area (Å²) in [7, 11) is 0. The third-order valence-electron chi connectivity index (χ3n) is 2.01. The van der Waals surface area contributed by atoms with Crippen molar-refractivity contribution in [1.82, 2.24) is 8.75 Å². The van der Waals surface area contributed by atoms with Crippen LogP contribution in [0.5, 0.6) is 0 Å². The van der Waals surface area contributed by atoms with Crippen molar-refractivity contribution in [3.05, 3.63) is 45.9 Å². The van der Waals surface area contributed by atoms with Gasteiger partial charge in [-0.25, -0.2) is 4.39 Å². The van der Waals surface area contributed by atoms with Crippen molar-refractivity contribution in [3.8, 4) is 0 Å². The molecule has 82 valence electrons. The van der Waals surface area contributed by atoms with E-state index in [1.165, 1.54) is 12.3 Å². The number of Topliss-reactive ketones (excluding diaryl/α,β-unsaturated/α-hetero) is 1. The number of nitrogens with zero attached hydrogens (tertiary/aromatic N) is 2. The standard InChI is InChI=1S/C10H6BrFN2OS/c11-7-1-2-8(12)6(3-7)4-10(15)9-5-13-16-14-9/h1-3,5H,4H2. The minimum atomic E-state index is -0.389. The summed E-state index contributed by atoms with van der Waals surface area (Å²) in [4.78, 5) is 11.7. The van der Waals surface area contributed by atoms with Gasteiger partial charge in [0.25, 0.3) is 0 Å². The van der Waals surface area contributed by atoms with Crippen LogP contribution in [0.3, 0.4) is 0 Å². The fourth-order valence-electron chi connectivity index (χ4n) is 1.23. The molecule has 0 atom stereocenters. The summed E-state index contributed by atoms with van der Waals surface area (Å²) in [6.07, 6.45) is 1.39. The van der Waals surface area contributed by atoms with Gasteiger partial charge >= 0.3 is 0 Å². The van der Waals surface area contributed by atoms with Crippen LogP contribution in [0.1, 0.15) is 16.1 Å². The molecule has 0 N–H and O–H groups in total. The summed E-state index contributed by atoms with van der Waals surface area (Å²) >= 11 is 4.19. The Morgan fingerprint density at radius 3 is 3.00 bits per heavy atom. The maximum absolute atomic E-state index is 13.4. The number of carbonyl (C=O) groups excluding carboxylic acids is 1. The predicted molar refractivity (Wildman–Crippen MR) is 62.0 cm³/mol. The second-order valence-electron chi connectivity index (χ2n) is 3.13. The fraction of sp³-hybridized carbons (Fsp3) is 0.100. The molecule has 2 aromatic rings. The van der Waals surface area contributed by atoms with Crippen molar-refractivity contribution in [1.29, 1.82) is 0 Å². The molecule has 0 aliphatic heterocycles. The van der Waals surface area contributed by atoms with Gasteiger partial charge in [0.2, 0.25) is 0 Å². The van der Waals surface area contributed by atoms with Gasteiger partial charge in [0.15, 0.2) is 5.78 Å². The topological polar surface area (TPSA) is 42.9 Å². The Balaban J connectivity index is 2.21. The van der Waals surface area contributed by atoms with Crippen molar-refractivity contribution in [3.63, 3.8) is 0 Å². The summed E-state index contributed by atoms with van der Waals surface area (Å²) in [5, 5.41) is 0. The van der Waals surface area contributed by atoms with Gasteiger partial charge in [-0.2, -0.15) is 8.75 Å². The number of benzene rings is 1. The summed E-state index contributed by atoms with van der Waals surface area (Å²) < 4.78 is 21.7. The minimum Gasteiger partial charge on any atom is -0.292 e. The molecule has 0 saturated carbocycles. The van der Waals surface area contributed by atoms with Crippen molar-refractivity contribution in [2.24, 2.45) is 0 Å². The predicted octanol–water partition coefficient (Wildman–Crippen LogP) is 2.87. The van der Waals surface area contributed by atoms with E-state index in [4.69, 9.17) is 0 Å². The fourth-order valence-corrected chi connectivity index (χ4v) is 2.07. The van der Waals surface area contributed by atoms with Crippen LogP contribution in [0.4, 0.5) is 4.39 Å². The molecular weight excluding hydrogens is 295 g/mol. The van der Waals surface area contributed by atoms with Crippen LogP contribution >= 0.6 is 27.7 Å². The quantitative estimate of drug-likeness (QED) is 0.819. The van der Waals surface area contributed by atoms with Crippen molar-refractivity contribution in [2.45, 2.75) is 6.42 Å². The molecule has 1 aromatic carbocycles. The monoisotopic (exact) mass is 300 g/mol. The summed E-state index contributed by atoms with van der Waals surface area (Å²) in [6, 6.07) is 4.51. The summed E-state index contributed by atoms with van der Waals surface area (Å²) in [6.45, 7) is 0. The van der Waals surface area contributed by atoms with Gasteiger partial charge < -0.3 is 0 Å². The largest absolute Gasteiger partial charge is 0.292 e. The van der Waals surface area contributed by atoms with Gasteiger partial charge in [0.05, 0.1) is 17.9 Å². The third kappa shape index (κ3) is 2.51. The Morgan fingerprint density at radius 2 is 2.31 bits per heavy atom. The molecular formula is C10H6BrFN2OS. The first-order valence-electron chi connectivity index (χ1n) is 4.41. The number of hydrogen-bond donors (Lipinski definition) is 0. The number of halogens is 2. The van der Waals surface area contributed by atoms with Crippen LogP contribution in [0.15, 0.2) is 28.9 Å². The highest BCUT2D eigenvalue weighted by atomic mass is 79.9. The highest BCUT2D eigenvalue weighted by Gasteiger charge is 2.12. The first-order chi connectivity index (χ1) is 7.66. The second-order valence-corrected chi connectivity index (χ2v) is 4.60. The number of ketones is 1. The highest BCUT2D eigenvalue weighted by molar-refractivity contribution is 9.10. The van der Waals surface area contributed by atoms with Gasteiger partial charge in [-0.05, 0) is 23.8 Å². The Kier molecular flexibility index (Phi) is 3.40. The van der Waals surface area contributed by atoms with Crippen molar-refractivity contribution < 1.29 is 9.18 Å². The molecule has 1 heterocycles. The van der Waals surface area contributed by atoms with Crippen LogP contribution < -0.4 is 0 Å². The van der Waals surface area contributed by atoms with Crippen molar-refractivity contribution >= 4 is 33.4 Å². The van der Waals surface area contributed by atoms with Crippen LogP contribution in [0, 0.1) is 5.82 Å². The molecule has 0 spiro atoms. The van der Waals surface area contributed by atoms with E-state index in [1.54, 1.807) is 12.1 Å². The molecule has 6 heteroatoms. The number of hydrogen-bond acceptors (Lipinski definition) is 4. The first-order valence-corrected chi connectivity index (χ1v) is 5.94. The lowest BCUT2D eigenvalue weighted by molar-refractivity contribution is 0.0988. The molecule has 2 rings (SSSR count). The Bertz CT molecular complexity index is 516. The van der Waals surface area contributed by atoms with Crippen LogP contribution in [0.2, 0.25) is 0 Å². The van der Waals surface area contributed by atoms with Gasteiger partial charge in [0.1, 0.15) is 11.5 Å². The minimum absolute atomic E-state index is 0.00329. The molecule has 16 heavy (non-hydrogen) atoms. The van der Waals surface area contributed by atoms with Crippen molar-refractivity contribution in [2.75, 3.05) is 0 Å². The summed E-state index contributed by atoms with van der Waals surface area (Å²) in [5.74, 6) is -0.620. The van der Waals surface area contributed by atoms with E-state index in [0.29, 0.717) is 5.56 Å². The first kappa shape index (κ1) is 11.3.